The molecule has 0 N–H and O–H groups in total. The molecule has 0 fully saturated rings. The van der Waals surface area contributed by atoms with Gasteiger partial charge in [0.25, 0.3) is 0 Å². The zero-order chi connectivity index (χ0) is 17.6. The molecule has 0 aliphatic rings. The molecule has 25 heavy (non-hydrogen) atoms. The van der Waals surface area contributed by atoms with E-state index in [1.165, 1.54) is 11.1 Å². The van der Waals surface area contributed by atoms with E-state index in [0.29, 0.717) is 19.5 Å². The van der Waals surface area contributed by atoms with Crippen LogP contribution in [0.4, 0.5) is 0 Å². The van der Waals surface area contributed by atoms with Crippen molar-refractivity contribution in [1.82, 2.24) is 14.7 Å². The smallest absolute Gasteiger partial charge is 0.227 e. The van der Waals surface area contributed by atoms with Gasteiger partial charge >= 0.3 is 0 Å². The maximum Gasteiger partial charge on any atom is 0.227 e. The zero-order valence-corrected chi connectivity index (χ0v) is 14.7. The van der Waals surface area contributed by atoms with E-state index in [9.17, 15) is 4.79 Å². The summed E-state index contributed by atoms with van der Waals surface area (Å²) in [5, 5.41) is 4.37. The number of para-hydroxylation sites is 1. The van der Waals surface area contributed by atoms with Crippen LogP contribution >= 0.6 is 0 Å². The Labute approximate surface area is 148 Å². The van der Waals surface area contributed by atoms with E-state index in [1.807, 2.05) is 60.5 Å². The van der Waals surface area contributed by atoms with E-state index in [4.69, 9.17) is 0 Å². The standard InChI is InChI=1S/C21H23N3O/c1-3-23(16-19-10-8-7-9-17(19)2)21(25)13-18-14-22-24(15-18)20-11-5-4-6-12-20/h4-12,14-15H,3,13,16H2,1-2H3. The molecule has 0 bridgehead atoms. The fourth-order valence-corrected chi connectivity index (χ4v) is 2.83. The maximum absolute atomic E-state index is 12.7. The van der Waals surface area contributed by atoms with Crippen molar-refractivity contribution in [2.24, 2.45) is 0 Å². The number of hydrogen-bond donors (Lipinski definition) is 0. The fourth-order valence-electron chi connectivity index (χ4n) is 2.83. The third-order valence-corrected chi connectivity index (χ3v) is 4.37. The highest BCUT2D eigenvalue weighted by molar-refractivity contribution is 5.78. The summed E-state index contributed by atoms with van der Waals surface area (Å²) in [6.45, 7) is 5.44. The monoisotopic (exact) mass is 333 g/mol. The topological polar surface area (TPSA) is 38.1 Å². The summed E-state index contributed by atoms with van der Waals surface area (Å²) in [6.07, 6.45) is 4.06. The number of aromatic nitrogens is 2. The van der Waals surface area contributed by atoms with Crippen molar-refractivity contribution in [3.8, 4) is 5.69 Å². The molecule has 0 aliphatic carbocycles. The summed E-state index contributed by atoms with van der Waals surface area (Å²) in [4.78, 5) is 14.6. The van der Waals surface area contributed by atoms with Crippen molar-refractivity contribution < 1.29 is 4.79 Å². The van der Waals surface area contributed by atoms with Crippen molar-refractivity contribution in [2.45, 2.75) is 26.8 Å². The van der Waals surface area contributed by atoms with Gasteiger partial charge in [0.15, 0.2) is 0 Å². The molecule has 0 saturated heterocycles. The van der Waals surface area contributed by atoms with Gasteiger partial charge in [-0.1, -0.05) is 42.5 Å². The first kappa shape index (κ1) is 17.0. The summed E-state index contributed by atoms with van der Waals surface area (Å²) >= 11 is 0. The van der Waals surface area contributed by atoms with Gasteiger partial charge in [-0.15, -0.1) is 0 Å². The minimum absolute atomic E-state index is 0.123. The van der Waals surface area contributed by atoms with Gasteiger partial charge in [-0.25, -0.2) is 4.68 Å². The van der Waals surface area contributed by atoms with Crippen LogP contribution in [0.15, 0.2) is 67.0 Å². The van der Waals surface area contributed by atoms with Crippen LogP contribution in [0.1, 0.15) is 23.6 Å². The van der Waals surface area contributed by atoms with Crippen LogP contribution in [0.2, 0.25) is 0 Å². The third-order valence-electron chi connectivity index (χ3n) is 4.37. The molecule has 0 spiro atoms. The molecule has 3 rings (SSSR count). The van der Waals surface area contributed by atoms with Gasteiger partial charge in [0.05, 0.1) is 18.3 Å². The van der Waals surface area contributed by atoms with Crippen molar-refractivity contribution in [3.05, 3.63) is 83.7 Å². The Morgan fingerprint density at radius 3 is 2.52 bits per heavy atom. The minimum Gasteiger partial charge on any atom is -0.338 e. The number of hydrogen-bond acceptors (Lipinski definition) is 2. The van der Waals surface area contributed by atoms with Crippen LogP contribution in [0, 0.1) is 6.92 Å². The Morgan fingerprint density at radius 2 is 1.80 bits per heavy atom. The largest absolute Gasteiger partial charge is 0.338 e. The SMILES string of the molecule is CCN(Cc1ccccc1C)C(=O)Cc1cnn(-c2ccccc2)c1. The van der Waals surface area contributed by atoms with Crippen molar-refractivity contribution in [1.29, 1.82) is 0 Å². The van der Waals surface area contributed by atoms with Gasteiger partial charge in [-0.3, -0.25) is 4.79 Å². The van der Waals surface area contributed by atoms with Crippen molar-refractivity contribution in [3.63, 3.8) is 0 Å². The number of aryl methyl sites for hydroxylation is 1. The molecule has 2 aromatic carbocycles. The van der Waals surface area contributed by atoms with Crippen LogP contribution in [0.5, 0.6) is 0 Å². The fraction of sp³-hybridized carbons (Fsp3) is 0.238. The summed E-state index contributed by atoms with van der Waals surface area (Å²) in [5.41, 5.74) is 4.33. The highest BCUT2D eigenvalue weighted by Gasteiger charge is 2.15. The van der Waals surface area contributed by atoms with Gasteiger partial charge in [0.1, 0.15) is 0 Å². The third kappa shape index (κ3) is 4.15. The number of carbonyl (C=O) groups excluding carboxylic acids is 1. The molecule has 1 aromatic heterocycles. The quantitative estimate of drug-likeness (QED) is 0.689. The normalized spacial score (nSPS) is 10.6. The molecule has 0 atom stereocenters. The Kier molecular flexibility index (Phi) is 5.29. The highest BCUT2D eigenvalue weighted by Crippen LogP contribution is 2.13. The summed E-state index contributed by atoms with van der Waals surface area (Å²) in [7, 11) is 0. The van der Waals surface area contributed by atoms with E-state index in [-0.39, 0.29) is 5.91 Å². The number of amides is 1. The number of benzene rings is 2. The molecule has 0 radical (unpaired) electrons. The first-order valence-electron chi connectivity index (χ1n) is 8.58. The predicted molar refractivity (Wildman–Crippen MR) is 99.5 cm³/mol. The summed E-state index contributed by atoms with van der Waals surface area (Å²) in [5.74, 6) is 0.123. The lowest BCUT2D eigenvalue weighted by Gasteiger charge is -2.21. The number of nitrogens with zero attached hydrogens (tertiary/aromatic N) is 3. The molecule has 128 valence electrons. The Hall–Kier alpha value is -2.88. The van der Waals surface area contributed by atoms with Crippen molar-refractivity contribution >= 4 is 5.91 Å². The molecule has 0 unspecified atom stereocenters. The molecule has 4 heteroatoms. The van der Waals surface area contributed by atoms with Crippen LogP contribution in [-0.2, 0) is 17.8 Å². The van der Waals surface area contributed by atoms with E-state index in [0.717, 1.165) is 11.3 Å². The van der Waals surface area contributed by atoms with Crippen LogP contribution < -0.4 is 0 Å². The molecule has 1 heterocycles. The number of likely N-dealkylation sites (N-methyl/N-ethyl adjacent to an activating group) is 1. The second kappa shape index (κ2) is 7.79. The molecule has 0 saturated carbocycles. The van der Waals surface area contributed by atoms with Crippen LogP contribution in [-0.4, -0.2) is 27.1 Å². The number of rotatable bonds is 6. The molecule has 0 aliphatic heterocycles. The summed E-state index contributed by atoms with van der Waals surface area (Å²) < 4.78 is 1.81. The van der Waals surface area contributed by atoms with Gasteiger partial charge in [-0.05, 0) is 42.7 Å². The molecular formula is C21H23N3O. The average Bonchev–Trinajstić information content (AvgIpc) is 3.10. The van der Waals surface area contributed by atoms with Crippen LogP contribution in [0.3, 0.4) is 0 Å². The predicted octanol–water partition coefficient (Wildman–Crippen LogP) is 3.77. The molecular weight excluding hydrogens is 310 g/mol. The van der Waals surface area contributed by atoms with Gasteiger partial charge in [0.2, 0.25) is 5.91 Å². The molecule has 4 nitrogen and oxygen atoms in total. The van der Waals surface area contributed by atoms with Gasteiger partial charge in [0, 0.05) is 19.3 Å². The van der Waals surface area contributed by atoms with Crippen molar-refractivity contribution in [2.75, 3.05) is 6.54 Å². The zero-order valence-electron chi connectivity index (χ0n) is 14.7. The first-order chi connectivity index (χ1) is 12.2. The highest BCUT2D eigenvalue weighted by atomic mass is 16.2. The second-order valence-electron chi connectivity index (χ2n) is 6.14. The minimum atomic E-state index is 0.123. The maximum atomic E-state index is 12.7. The Balaban J connectivity index is 1.68. The second-order valence-corrected chi connectivity index (χ2v) is 6.14. The summed E-state index contributed by atoms with van der Waals surface area (Å²) in [6, 6.07) is 18.1. The van der Waals surface area contributed by atoms with E-state index in [2.05, 4.69) is 24.2 Å². The lowest BCUT2D eigenvalue weighted by Crippen LogP contribution is -2.31. The van der Waals surface area contributed by atoms with Gasteiger partial charge in [-0.2, -0.15) is 5.10 Å². The van der Waals surface area contributed by atoms with Gasteiger partial charge < -0.3 is 4.90 Å². The number of carbonyl (C=O) groups is 1. The first-order valence-corrected chi connectivity index (χ1v) is 8.58. The lowest BCUT2D eigenvalue weighted by molar-refractivity contribution is -0.130. The molecule has 1 amide bonds. The molecule has 3 aromatic rings. The van der Waals surface area contributed by atoms with Crippen LogP contribution in [0.25, 0.3) is 5.69 Å². The Morgan fingerprint density at radius 1 is 1.08 bits per heavy atom. The van der Waals surface area contributed by atoms with E-state index >= 15 is 0 Å². The van der Waals surface area contributed by atoms with E-state index in [1.54, 1.807) is 10.9 Å². The lowest BCUT2D eigenvalue weighted by atomic mass is 10.1. The average molecular weight is 333 g/mol. The van der Waals surface area contributed by atoms with E-state index < -0.39 is 0 Å². The Bertz CT molecular complexity index is 839.